The van der Waals surface area contributed by atoms with Crippen LogP contribution in [0.25, 0.3) is 5.76 Å². The third kappa shape index (κ3) is 2.95. The van der Waals surface area contributed by atoms with Crippen molar-refractivity contribution >= 4 is 17.5 Å². The number of hydrogen-bond acceptors (Lipinski definition) is 5. The van der Waals surface area contributed by atoms with Crippen LogP contribution in [0.2, 0.25) is 0 Å². The Morgan fingerprint density at radius 3 is 2.62 bits per heavy atom. The second-order valence-corrected chi connectivity index (χ2v) is 5.90. The van der Waals surface area contributed by atoms with E-state index in [1.165, 1.54) is 6.20 Å². The maximum Gasteiger partial charge on any atom is 0.345 e. The summed E-state index contributed by atoms with van der Waals surface area (Å²) in [6.07, 6.45) is 9.75. The highest BCUT2D eigenvalue weighted by molar-refractivity contribution is 6.06. The van der Waals surface area contributed by atoms with E-state index in [1.807, 2.05) is 42.5 Å². The van der Waals surface area contributed by atoms with Gasteiger partial charge in [0.2, 0.25) is 11.5 Å². The lowest BCUT2D eigenvalue weighted by molar-refractivity contribution is -0.124. The molecule has 2 aliphatic rings. The molecule has 0 saturated carbocycles. The van der Waals surface area contributed by atoms with Crippen molar-refractivity contribution in [3.8, 4) is 0 Å². The Balaban J connectivity index is 1.76. The molecule has 26 heavy (non-hydrogen) atoms. The summed E-state index contributed by atoms with van der Waals surface area (Å²) in [7, 11) is 0. The molecule has 4 rings (SSSR count). The minimum Gasteiger partial charge on any atom is -0.481 e. The number of pyridine rings is 1. The Morgan fingerprint density at radius 2 is 1.85 bits per heavy atom. The van der Waals surface area contributed by atoms with Gasteiger partial charge in [-0.2, -0.15) is 0 Å². The van der Waals surface area contributed by atoms with Crippen molar-refractivity contribution < 1.29 is 19.1 Å². The van der Waals surface area contributed by atoms with Crippen molar-refractivity contribution in [2.45, 2.75) is 6.10 Å². The minimum atomic E-state index is -0.646. The molecule has 1 aliphatic carbocycles. The smallest absolute Gasteiger partial charge is 0.345 e. The summed E-state index contributed by atoms with van der Waals surface area (Å²) < 4.78 is 11.5. The monoisotopic (exact) mass is 345 g/mol. The second-order valence-electron chi connectivity index (χ2n) is 5.90. The van der Waals surface area contributed by atoms with Gasteiger partial charge in [-0.3, -0.25) is 9.78 Å². The third-order valence-electron chi connectivity index (χ3n) is 4.20. The van der Waals surface area contributed by atoms with Crippen LogP contribution in [-0.2, 0) is 14.3 Å². The van der Waals surface area contributed by atoms with E-state index >= 15 is 0 Å². The van der Waals surface area contributed by atoms with Gasteiger partial charge < -0.3 is 9.47 Å². The van der Waals surface area contributed by atoms with Gasteiger partial charge in [0, 0.05) is 18.0 Å². The number of aromatic nitrogens is 1. The number of fused-ring (bicyclic) bond motifs is 1. The van der Waals surface area contributed by atoms with Crippen molar-refractivity contribution in [3.05, 3.63) is 96.0 Å². The average molecular weight is 345 g/mol. The summed E-state index contributed by atoms with van der Waals surface area (Å²) >= 11 is 0. The summed E-state index contributed by atoms with van der Waals surface area (Å²) in [4.78, 5) is 29.4. The lowest BCUT2D eigenvalue weighted by atomic mass is 9.89. The third-order valence-corrected chi connectivity index (χ3v) is 4.20. The lowest BCUT2D eigenvalue weighted by Crippen LogP contribution is -2.36. The fraction of sp³-hybridized carbons (Fsp3) is 0.0952. The van der Waals surface area contributed by atoms with Gasteiger partial charge in [0.05, 0.1) is 11.5 Å². The Kier molecular flexibility index (Phi) is 4.19. The zero-order valence-electron chi connectivity index (χ0n) is 13.7. The van der Waals surface area contributed by atoms with Crippen molar-refractivity contribution in [2.24, 2.45) is 5.92 Å². The molecule has 2 heterocycles. The van der Waals surface area contributed by atoms with E-state index in [4.69, 9.17) is 9.47 Å². The molecule has 0 fully saturated rings. The quantitative estimate of drug-likeness (QED) is 0.799. The standard InChI is InChI=1S/C21H15NO4/c23-18-16-10-4-5-11-17(16)25-19(14-7-2-1-3-8-14)20(18)26-21(24)15-9-6-12-22-13-15/h1-13,16-17H/t16-,17-/m0/s1. The van der Waals surface area contributed by atoms with Crippen LogP contribution in [0.3, 0.4) is 0 Å². The van der Waals surface area contributed by atoms with Crippen molar-refractivity contribution in [2.75, 3.05) is 0 Å². The van der Waals surface area contributed by atoms with Crippen LogP contribution in [0, 0.1) is 5.92 Å². The molecule has 0 spiro atoms. The number of ether oxygens (including phenoxy) is 2. The van der Waals surface area contributed by atoms with E-state index < -0.39 is 18.0 Å². The van der Waals surface area contributed by atoms with E-state index in [2.05, 4.69) is 4.98 Å². The molecule has 5 nitrogen and oxygen atoms in total. The van der Waals surface area contributed by atoms with Crippen LogP contribution in [0.15, 0.2) is 84.9 Å². The van der Waals surface area contributed by atoms with E-state index in [-0.39, 0.29) is 22.9 Å². The first-order valence-corrected chi connectivity index (χ1v) is 8.22. The fourth-order valence-electron chi connectivity index (χ4n) is 2.91. The van der Waals surface area contributed by atoms with E-state index in [0.29, 0.717) is 5.56 Å². The largest absolute Gasteiger partial charge is 0.481 e. The number of rotatable bonds is 3. The summed E-state index contributed by atoms with van der Waals surface area (Å²) in [6.45, 7) is 0. The second kappa shape index (κ2) is 6.80. The number of Topliss-reactive ketones (excluding diaryl/α,β-unsaturated/α-hetero) is 1. The molecule has 128 valence electrons. The van der Waals surface area contributed by atoms with Gasteiger partial charge >= 0.3 is 5.97 Å². The molecule has 0 saturated heterocycles. The van der Waals surface area contributed by atoms with Crippen LogP contribution in [0.4, 0.5) is 0 Å². The molecule has 1 aliphatic heterocycles. The van der Waals surface area contributed by atoms with Crippen LogP contribution < -0.4 is 0 Å². The Labute approximate surface area is 150 Å². The zero-order chi connectivity index (χ0) is 17.9. The number of nitrogens with zero attached hydrogens (tertiary/aromatic N) is 1. The first kappa shape index (κ1) is 16.0. The van der Waals surface area contributed by atoms with Crippen LogP contribution in [0.5, 0.6) is 0 Å². The van der Waals surface area contributed by atoms with Crippen molar-refractivity contribution in [1.29, 1.82) is 0 Å². The molecule has 0 bridgehead atoms. The highest BCUT2D eigenvalue weighted by atomic mass is 16.6. The predicted octanol–water partition coefficient (Wildman–Crippen LogP) is 3.32. The van der Waals surface area contributed by atoms with Crippen LogP contribution >= 0.6 is 0 Å². The molecule has 5 heteroatoms. The van der Waals surface area contributed by atoms with Crippen LogP contribution in [-0.4, -0.2) is 22.8 Å². The molecule has 2 atom stereocenters. The van der Waals surface area contributed by atoms with Gasteiger partial charge in [0.1, 0.15) is 6.10 Å². The Hall–Kier alpha value is -3.47. The molecule has 0 N–H and O–H groups in total. The number of carbonyl (C=O) groups excluding carboxylic acids is 2. The molecule has 2 aromatic rings. The van der Waals surface area contributed by atoms with E-state index in [1.54, 1.807) is 30.5 Å². The van der Waals surface area contributed by atoms with Crippen molar-refractivity contribution in [1.82, 2.24) is 4.98 Å². The first-order valence-electron chi connectivity index (χ1n) is 8.22. The van der Waals surface area contributed by atoms with E-state index in [9.17, 15) is 9.59 Å². The maximum absolute atomic E-state index is 13.0. The SMILES string of the molecule is O=C(OC1=C(c2ccccc2)O[C@H]2C=CC=C[C@@H]2C1=O)c1cccnc1. The molecule has 1 aromatic carbocycles. The minimum absolute atomic E-state index is 0.0775. The summed E-state index contributed by atoms with van der Waals surface area (Å²) in [5.74, 6) is -1.24. The summed E-state index contributed by atoms with van der Waals surface area (Å²) in [5.41, 5.74) is 0.942. The molecule has 0 amide bonds. The average Bonchev–Trinajstić information content (AvgIpc) is 2.71. The zero-order valence-corrected chi connectivity index (χ0v) is 13.7. The number of allylic oxidation sites excluding steroid dienone is 3. The highest BCUT2D eigenvalue weighted by Gasteiger charge is 2.39. The molecule has 1 aromatic heterocycles. The number of benzene rings is 1. The number of ketones is 1. The molecule has 0 radical (unpaired) electrons. The number of hydrogen-bond donors (Lipinski definition) is 0. The Morgan fingerprint density at radius 1 is 1.04 bits per heavy atom. The molecular weight excluding hydrogens is 330 g/mol. The van der Waals surface area contributed by atoms with E-state index in [0.717, 1.165) is 0 Å². The molecule has 0 unspecified atom stereocenters. The lowest BCUT2D eigenvalue weighted by Gasteiger charge is -2.31. The molecular formula is C21H15NO4. The van der Waals surface area contributed by atoms with Crippen LogP contribution in [0.1, 0.15) is 15.9 Å². The van der Waals surface area contributed by atoms with Gasteiger partial charge in [-0.25, -0.2) is 4.79 Å². The predicted molar refractivity (Wildman–Crippen MR) is 94.7 cm³/mol. The number of esters is 1. The normalized spacial score (nSPS) is 21.2. The Bertz CT molecular complexity index is 929. The van der Waals surface area contributed by atoms with Gasteiger partial charge in [-0.05, 0) is 18.2 Å². The highest BCUT2D eigenvalue weighted by Crippen LogP contribution is 2.35. The van der Waals surface area contributed by atoms with Gasteiger partial charge in [-0.1, -0.05) is 48.6 Å². The number of carbonyl (C=O) groups is 2. The summed E-state index contributed by atoms with van der Waals surface area (Å²) in [5, 5.41) is 0. The van der Waals surface area contributed by atoms with Crippen molar-refractivity contribution in [3.63, 3.8) is 0 Å². The summed E-state index contributed by atoms with van der Waals surface area (Å²) in [6, 6.07) is 12.4. The van der Waals surface area contributed by atoms with Gasteiger partial charge in [0.25, 0.3) is 0 Å². The fourth-order valence-corrected chi connectivity index (χ4v) is 2.91. The van der Waals surface area contributed by atoms with Gasteiger partial charge in [-0.15, -0.1) is 0 Å². The van der Waals surface area contributed by atoms with Gasteiger partial charge in [0.15, 0.2) is 5.76 Å². The first-order chi connectivity index (χ1) is 12.7. The maximum atomic E-state index is 13.0. The topological polar surface area (TPSA) is 65.5 Å².